The molecular weight excluding hydrogens is 186 g/mol. The molecule has 0 bridgehead atoms. The molecule has 0 radical (unpaired) electrons. The Morgan fingerprint density at radius 2 is 2.07 bits per heavy atom. The lowest BCUT2D eigenvalue weighted by atomic mass is 10.0. The molecule has 1 aliphatic rings. The second-order valence-electron chi connectivity index (χ2n) is 4.10. The van der Waals surface area contributed by atoms with Crippen molar-refractivity contribution >= 4 is 0 Å². The number of piperidine rings is 1. The molecule has 1 aliphatic heterocycles. The minimum Gasteiger partial charge on any atom is -0.494 e. The summed E-state index contributed by atoms with van der Waals surface area (Å²) in [7, 11) is 0. The summed E-state index contributed by atoms with van der Waals surface area (Å²) in [5.74, 6) is 0.980. The lowest BCUT2D eigenvalue weighted by Crippen LogP contribution is -2.35. The number of nitrogens with one attached hydrogen (secondary N) is 1. The Bertz CT molecular complexity index is 267. The summed E-state index contributed by atoms with van der Waals surface area (Å²) in [6.07, 6.45) is 5.12. The quantitative estimate of drug-likeness (QED) is 0.815. The van der Waals surface area contributed by atoms with Gasteiger partial charge in [-0.1, -0.05) is 24.6 Å². The van der Waals surface area contributed by atoms with Crippen LogP contribution in [0.25, 0.3) is 0 Å². The summed E-state index contributed by atoms with van der Waals surface area (Å²) in [6.45, 7) is 2.00. The number of hydrogen-bond acceptors (Lipinski definition) is 2. The summed E-state index contributed by atoms with van der Waals surface area (Å²) < 4.78 is 5.67. The number of ether oxygens (including phenoxy) is 1. The van der Waals surface area contributed by atoms with Gasteiger partial charge in [-0.25, -0.2) is 0 Å². The van der Waals surface area contributed by atoms with Crippen molar-refractivity contribution in [2.45, 2.75) is 31.7 Å². The van der Waals surface area contributed by atoms with E-state index in [2.05, 4.69) is 5.32 Å². The fourth-order valence-corrected chi connectivity index (χ4v) is 2.01. The van der Waals surface area contributed by atoms with Gasteiger partial charge in [-0.05, 0) is 37.9 Å². The third-order valence-electron chi connectivity index (χ3n) is 2.89. The van der Waals surface area contributed by atoms with E-state index >= 15 is 0 Å². The van der Waals surface area contributed by atoms with Crippen LogP contribution in [0.5, 0.6) is 5.75 Å². The first-order chi connectivity index (χ1) is 7.45. The lowest BCUT2D eigenvalue weighted by molar-refractivity contribution is 0.268. The monoisotopic (exact) mass is 205 g/mol. The molecule has 2 rings (SSSR count). The molecule has 0 unspecified atom stereocenters. The minimum atomic E-state index is 0.669. The Morgan fingerprint density at radius 1 is 1.20 bits per heavy atom. The molecule has 82 valence electrons. The van der Waals surface area contributed by atoms with Gasteiger partial charge in [-0.3, -0.25) is 0 Å². The second-order valence-corrected chi connectivity index (χ2v) is 4.10. The van der Waals surface area contributed by atoms with E-state index in [0.717, 1.165) is 18.8 Å². The van der Waals surface area contributed by atoms with Crippen LogP contribution in [0.3, 0.4) is 0 Å². The van der Waals surface area contributed by atoms with Crippen molar-refractivity contribution in [3.05, 3.63) is 30.3 Å². The van der Waals surface area contributed by atoms with Crippen LogP contribution in [0, 0.1) is 0 Å². The topological polar surface area (TPSA) is 21.3 Å². The van der Waals surface area contributed by atoms with Gasteiger partial charge >= 0.3 is 0 Å². The molecule has 0 spiro atoms. The van der Waals surface area contributed by atoms with Gasteiger partial charge in [-0.15, -0.1) is 0 Å². The van der Waals surface area contributed by atoms with Crippen molar-refractivity contribution < 1.29 is 4.74 Å². The molecule has 1 heterocycles. The van der Waals surface area contributed by atoms with E-state index in [1.54, 1.807) is 0 Å². The van der Waals surface area contributed by atoms with Gasteiger partial charge in [-0.2, -0.15) is 0 Å². The summed E-state index contributed by atoms with van der Waals surface area (Å²) in [6, 6.07) is 10.7. The standard InChI is InChI=1S/C13H19NO/c1-2-7-13(8-3-1)15-11-9-12-6-4-5-10-14-12/h1-3,7-8,12,14H,4-6,9-11H2/t12-/m1/s1. The lowest BCUT2D eigenvalue weighted by Gasteiger charge is -2.23. The average Bonchev–Trinajstić information content (AvgIpc) is 2.32. The molecule has 0 saturated carbocycles. The second kappa shape index (κ2) is 5.76. The molecule has 15 heavy (non-hydrogen) atoms. The highest BCUT2D eigenvalue weighted by Gasteiger charge is 2.11. The van der Waals surface area contributed by atoms with Crippen LogP contribution in [-0.2, 0) is 0 Å². The molecule has 1 saturated heterocycles. The molecule has 1 aromatic rings. The Balaban J connectivity index is 1.66. The minimum absolute atomic E-state index is 0.669. The number of para-hydroxylation sites is 1. The molecule has 1 aromatic carbocycles. The zero-order chi connectivity index (χ0) is 10.3. The molecule has 2 nitrogen and oxygen atoms in total. The first-order valence-electron chi connectivity index (χ1n) is 5.86. The number of hydrogen-bond donors (Lipinski definition) is 1. The van der Waals surface area contributed by atoms with Crippen molar-refractivity contribution in [2.75, 3.05) is 13.2 Å². The first-order valence-corrected chi connectivity index (χ1v) is 5.86. The molecule has 1 N–H and O–H groups in total. The predicted molar refractivity (Wildman–Crippen MR) is 62.2 cm³/mol. The maximum absolute atomic E-state index is 5.67. The van der Waals surface area contributed by atoms with E-state index in [0.29, 0.717) is 6.04 Å². The fraction of sp³-hybridized carbons (Fsp3) is 0.538. The summed E-state index contributed by atoms with van der Waals surface area (Å²) in [5, 5.41) is 3.53. The van der Waals surface area contributed by atoms with E-state index in [-0.39, 0.29) is 0 Å². The van der Waals surface area contributed by atoms with Gasteiger partial charge in [0.05, 0.1) is 6.61 Å². The van der Waals surface area contributed by atoms with Crippen molar-refractivity contribution in [3.8, 4) is 5.75 Å². The molecule has 1 fully saturated rings. The highest BCUT2D eigenvalue weighted by molar-refractivity contribution is 5.20. The molecule has 0 aliphatic carbocycles. The highest BCUT2D eigenvalue weighted by Crippen LogP contribution is 2.12. The maximum Gasteiger partial charge on any atom is 0.119 e. The van der Waals surface area contributed by atoms with E-state index in [1.807, 2.05) is 30.3 Å². The van der Waals surface area contributed by atoms with Crippen LogP contribution in [0.4, 0.5) is 0 Å². The van der Waals surface area contributed by atoms with E-state index in [1.165, 1.54) is 25.8 Å². The Morgan fingerprint density at radius 3 is 2.80 bits per heavy atom. The largest absolute Gasteiger partial charge is 0.494 e. The third kappa shape index (κ3) is 3.56. The van der Waals surface area contributed by atoms with Crippen molar-refractivity contribution in [1.82, 2.24) is 5.32 Å². The van der Waals surface area contributed by atoms with Gasteiger partial charge in [0.15, 0.2) is 0 Å². The maximum atomic E-state index is 5.67. The molecule has 0 aromatic heterocycles. The van der Waals surface area contributed by atoms with Gasteiger partial charge < -0.3 is 10.1 Å². The van der Waals surface area contributed by atoms with Gasteiger partial charge in [0.25, 0.3) is 0 Å². The van der Waals surface area contributed by atoms with Crippen LogP contribution >= 0.6 is 0 Å². The molecule has 1 atom stereocenters. The van der Waals surface area contributed by atoms with Crippen molar-refractivity contribution in [2.24, 2.45) is 0 Å². The molecule has 2 heteroatoms. The third-order valence-corrected chi connectivity index (χ3v) is 2.89. The Hall–Kier alpha value is -1.02. The van der Waals surface area contributed by atoms with Crippen LogP contribution < -0.4 is 10.1 Å². The molecule has 0 amide bonds. The fourth-order valence-electron chi connectivity index (χ4n) is 2.01. The zero-order valence-corrected chi connectivity index (χ0v) is 9.11. The van der Waals surface area contributed by atoms with Crippen molar-refractivity contribution in [3.63, 3.8) is 0 Å². The van der Waals surface area contributed by atoms with Gasteiger partial charge in [0.2, 0.25) is 0 Å². The van der Waals surface area contributed by atoms with E-state index < -0.39 is 0 Å². The normalized spacial score (nSPS) is 21.2. The average molecular weight is 205 g/mol. The van der Waals surface area contributed by atoms with Gasteiger partial charge in [0, 0.05) is 6.04 Å². The van der Waals surface area contributed by atoms with E-state index in [4.69, 9.17) is 4.74 Å². The number of rotatable bonds is 4. The first kappa shape index (κ1) is 10.5. The Kier molecular flexibility index (Phi) is 4.03. The van der Waals surface area contributed by atoms with Crippen LogP contribution in [-0.4, -0.2) is 19.2 Å². The summed E-state index contributed by atoms with van der Waals surface area (Å²) in [4.78, 5) is 0. The SMILES string of the molecule is c1ccc(OCC[C@H]2CCCCN2)cc1. The Labute approximate surface area is 91.6 Å². The van der Waals surface area contributed by atoms with Crippen LogP contribution in [0.2, 0.25) is 0 Å². The van der Waals surface area contributed by atoms with E-state index in [9.17, 15) is 0 Å². The van der Waals surface area contributed by atoms with Gasteiger partial charge in [0.1, 0.15) is 5.75 Å². The van der Waals surface area contributed by atoms with Crippen LogP contribution in [0.15, 0.2) is 30.3 Å². The summed E-state index contributed by atoms with van der Waals surface area (Å²) >= 11 is 0. The molecular formula is C13H19NO. The smallest absolute Gasteiger partial charge is 0.119 e. The summed E-state index contributed by atoms with van der Waals surface area (Å²) in [5.41, 5.74) is 0. The van der Waals surface area contributed by atoms with Crippen molar-refractivity contribution in [1.29, 1.82) is 0 Å². The number of benzene rings is 1. The zero-order valence-electron chi connectivity index (χ0n) is 9.11. The predicted octanol–water partition coefficient (Wildman–Crippen LogP) is 2.60. The van der Waals surface area contributed by atoms with Crippen LogP contribution in [0.1, 0.15) is 25.7 Å². The highest BCUT2D eigenvalue weighted by atomic mass is 16.5.